The van der Waals surface area contributed by atoms with Crippen LogP contribution in [0.5, 0.6) is 0 Å². The molecule has 4 nitrogen and oxygen atoms in total. The largest absolute Gasteiger partial charge is 0.465 e. The van der Waals surface area contributed by atoms with Crippen LogP contribution >= 0.6 is 0 Å². The maximum absolute atomic E-state index is 11.2. The molecule has 15 heavy (non-hydrogen) atoms. The summed E-state index contributed by atoms with van der Waals surface area (Å²) in [6.07, 6.45) is 0.325. The van der Waals surface area contributed by atoms with Gasteiger partial charge in [0.15, 0.2) is 0 Å². The average Bonchev–Trinajstić information content (AvgIpc) is 2.03. The lowest BCUT2D eigenvalue weighted by atomic mass is 9.57. The lowest BCUT2D eigenvalue weighted by Gasteiger charge is -2.65. The van der Waals surface area contributed by atoms with Crippen LogP contribution in [0.1, 0.15) is 27.2 Å². The van der Waals surface area contributed by atoms with Crippen LogP contribution in [0.15, 0.2) is 0 Å². The Morgan fingerprint density at radius 1 is 1.53 bits per heavy atom. The predicted molar refractivity (Wildman–Crippen MR) is 57.9 cm³/mol. The Labute approximate surface area is 90.6 Å². The molecule has 2 rings (SSSR count). The molecule has 0 bridgehead atoms. The fourth-order valence-electron chi connectivity index (χ4n) is 3.30. The number of hydrogen-bond acceptors (Lipinski definition) is 2. The van der Waals surface area contributed by atoms with Crippen LogP contribution < -0.4 is 5.32 Å². The predicted octanol–water partition coefficient (Wildman–Crippen LogP) is 1.37. The SMILES string of the molecule is CC(C)(C)[C@@]12CNCC[C@H]1CN2C(=O)O. The van der Waals surface area contributed by atoms with Crippen LogP contribution in [0.25, 0.3) is 0 Å². The maximum Gasteiger partial charge on any atom is 0.407 e. The molecule has 1 amide bonds. The number of carboxylic acid groups (broad SMARTS) is 1. The fraction of sp³-hybridized carbons (Fsp3) is 0.909. The number of amides is 1. The molecule has 2 fully saturated rings. The Morgan fingerprint density at radius 2 is 2.20 bits per heavy atom. The summed E-state index contributed by atoms with van der Waals surface area (Å²) in [7, 11) is 0. The molecule has 0 aromatic heterocycles. The molecule has 0 radical (unpaired) electrons. The Morgan fingerprint density at radius 3 is 2.67 bits per heavy atom. The van der Waals surface area contributed by atoms with Crippen LogP contribution in [-0.2, 0) is 0 Å². The molecule has 2 saturated heterocycles. The van der Waals surface area contributed by atoms with Gasteiger partial charge in [0.2, 0.25) is 0 Å². The van der Waals surface area contributed by atoms with Gasteiger partial charge in [-0.1, -0.05) is 20.8 Å². The zero-order valence-corrected chi connectivity index (χ0v) is 9.71. The molecule has 2 heterocycles. The van der Waals surface area contributed by atoms with E-state index in [9.17, 15) is 9.90 Å². The van der Waals surface area contributed by atoms with Crippen molar-refractivity contribution in [3.8, 4) is 0 Å². The third kappa shape index (κ3) is 1.27. The third-order valence-corrected chi connectivity index (χ3v) is 4.15. The second-order valence-electron chi connectivity index (χ2n) is 5.73. The van der Waals surface area contributed by atoms with E-state index in [2.05, 4.69) is 26.1 Å². The van der Waals surface area contributed by atoms with E-state index >= 15 is 0 Å². The molecule has 4 heteroatoms. The van der Waals surface area contributed by atoms with Gasteiger partial charge in [0.1, 0.15) is 0 Å². The quantitative estimate of drug-likeness (QED) is 0.637. The summed E-state index contributed by atoms with van der Waals surface area (Å²) in [5.41, 5.74) is -0.182. The van der Waals surface area contributed by atoms with Crippen LogP contribution in [-0.4, -0.2) is 41.3 Å². The minimum atomic E-state index is -0.773. The van der Waals surface area contributed by atoms with E-state index in [1.165, 1.54) is 0 Å². The van der Waals surface area contributed by atoms with Crippen molar-refractivity contribution in [2.75, 3.05) is 19.6 Å². The van der Waals surface area contributed by atoms with Crippen molar-refractivity contribution < 1.29 is 9.90 Å². The van der Waals surface area contributed by atoms with Crippen molar-refractivity contribution >= 4 is 6.09 Å². The molecule has 2 aliphatic rings. The molecule has 2 N–H and O–H groups in total. The molecule has 2 aliphatic heterocycles. The van der Waals surface area contributed by atoms with Crippen molar-refractivity contribution in [2.24, 2.45) is 11.3 Å². The number of likely N-dealkylation sites (tertiary alicyclic amines) is 1. The van der Waals surface area contributed by atoms with Gasteiger partial charge in [0, 0.05) is 19.0 Å². The van der Waals surface area contributed by atoms with E-state index in [-0.39, 0.29) is 11.0 Å². The summed E-state index contributed by atoms with van der Waals surface area (Å²) in [6.45, 7) is 8.96. The van der Waals surface area contributed by atoms with Crippen LogP contribution in [0.3, 0.4) is 0 Å². The smallest absolute Gasteiger partial charge is 0.407 e. The van der Waals surface area contributed by atoms with Crippen molar-refractivity contribution in [1.82, 2.24) is 10.2 Å². The molecular formula is C11H20N2O2. The standard InChI is InChI=1S/C11H20N2O2/c1-10(2,3)11-7-12-5-4-8(11)6-13(11)9(14)15/h8,12H,4-7H2,1-3H3,(H,14,15)/t8-,11+/m0/s1. The van der Waals surface area contributed by atoms with Crippen molar-refractivity contribution in [1.29, 1.82) is 0 Å². The van der Waals surface area contributed by atoms with Gasteiger partial charge in [-0.2, -0.15) is 0 Å². The lowest BCUT2D eigenvalue weighted by Crippen LogP contribution is -2.79. The van der Waals surface area contributed by atoms with Crippen molar-refractivity contribution in [3.05, 3.63) is 0 Å². The lowest BCUT2D eigenvalue weighted by molar-refractivity contribution is -0.139. The number of piperidine rings is 1. The van der Waals surface area contributed by atoms with Gasteiger partial charge in [0.05, 0.1) is 5.54 Å². The summed E-state index contributed by atoms with van der Waals surface area (Å²) in [6, 6.07) is 0. The van der Waals surface area contributed by atoms with Gasteiger partial charge in [-0.3, -0.25) is 0 Å². The third-order valence-electron chi connectivity index (χ3n) is 4.15. The van der Waals surface area contributed by atoms with Crippen molar-refractivity contribution in [3.63, 3.8) is 0 Å². The minimum Gasteiger partial charge on any atom is -0.465 e. The maximum atomic E-state index is 11.2. The van der Waals surface area contributed by atoms with Crippen LogP contribution in [0, 0.1) is 11.3 Å². The molecule has 0 aromatic rings. The summed E-state index contributed by atoms with van der Waals surface area (Å²) in [5, 5.41) is 12.5. The zero-order valence-electron chi connectivity index (χ0n) is 9.71. The van der Waals surface area contributed by atoms with Gasteiger partial charge in [-0.15, -0.1) is 0 Å². The highest BCUT2D eigenvalue weighted by molar-refractivity contribution is 5.68. The summed E-state index contributed by atoms with van der Waals surface area (Å²) >= 11 is 0. The van der Waals surface area contributed by atoms with Gasteiger partial charge in [0.25, 0.3) is 0 Å². The molecule has 0 aliphatic carbocycles. The van der Waals surface area contributed by atoms with E-state index in [1.54, 1.807) is 4.90 Å². The second-order valence-corrected chi connectivity index (χ2v) is 5.73. The second kappa shape index (κ2) is 3.11. The van der Waals surface area contributed by atoms with E-state index in [0.717, 1.165) is 19.5 Å². The number of fused-ring (bicyclic) bond motifs is 1. The Balaban J connectivity index is 2.31. The molecule has 86 valence electrons. The van der Waals surface area contributed by atoms with E-state index < -0.39 is 6.09 Å². The molecule has 2 atom stereocenters. The molecule has 0 spiro atoms. The number of nitrogens with one attached hydrogen (secondary N) is 1. The van der Waals surface area contributed by atoms with Gasteiger partial charge >= 0.3 is 6.09 Å². The van der Waals surface area contributed by atoms with Crippen molar-refractivity contribution in [2.45, 2.75) is 32.7 Å². The Hall–Kier alpha value is -0.770. The molecular weight excluding hydrogens is 192 g/mol. The number of rotatable bonds is 0. The number of hydrogen-bond donors (Lipinski definition) is 2. The molecule has 0 saturated carbocycles. The number of carbonyl (C=O) groups is 1. The average molecular weight is 212 g/mol. The first-order valence-corrected chi connectivity index (χ1v) is 5.61. The van der Waals surface area contributed by atoms with E-state index in [1.807, 2.05) is 0 Å². The van der Waals surface area contributed by atoms with Crippen LogP contribution in [0.2, 0.25) is 0 Å². The zero-order chi connectivity index (χ0) is 11.3. The number of nitrogens with zero attached hydrogens (tertiary/aromatic N) is 1. The summed E-state index contributed by atoms with van der Waals surface area (Å²) < 4.78 is 0. The Bertz CT molecular complexity index is 285. The highest BCUT2D eigenvalue weighted by Crippen LogP contribution is 2.51. The first-order valence-electron chi connectivity index (χ1n) is 5.61. The summed E-state index contributed by atoms with van der Waals surface area (Å²) in [4.78, 5) is 12.8. The highest BCUT2D eigenvalue weighted by atomic mass is 16.4. The molecule has 0 unspecified atom stereocenters. The first kappa shape index (κ1) is 10.7. The van der Waals surface area contributed by atoms with Gasteiger partial charge in [-0.05, 0) is 18.4 Å². The Kier molecular flexibility index (Phi) is 2.23. The van der Waals surface area contributed by atoms with E-state index in [4.69, 9.17) is 0 Å². The fourth-order valence-corrected chi connectivity index (χ4v) is 3.30. The minimum absolute atomic E-state index is 0.00171. The first-order chi connectivity index (χ1) is 6.89. The normalized spacial score (nSPS) is 35.7. The topological polar surface area (TPSA) is 52.6 Å². The van der Waals surface area contributed by atoms with Gasteiger partial charge in [-0.25, -0.2) is 4.79 Å². The van der Waals surface area contributed by atoms with Crippen LogP contribution in [0.4, 0.5) is 4.79 Å². The molecule has 0 aromatic carbocycles. The summed E-state index contributed by atoms with van der Waals surface area (Å²) in [5.74, 6) is 0.537. The van der Waals surface area contributed by atoms with E-state index in [0.29, 0.717) is 12.5 Å². The highest BCUT2D eigenvalue weighted by Gasteiger charge is 2.62. The monoisotopic (exact) mass is 212 g/mol. The van der Waals surface area contributed by atoms with Gasteiger partial charge < -0.3 is 15.3 Å².